The molecule has 1 aliphatic heterocycles. The normalized spacial score (nSPS) is 22.0. The Morgan fingerprint density at radius 2 is 2.12 bits per heavy atom. The molecule has 0 unspecified atom stereocenters. The Morgan fingerprint density at radius 1 is 1.33 bits per heavy atom. The van der Waals surface area contributed by atoms with E-state index in [1.807, 2.05) is 17.0 Å². The number of nitrogens with zero attached hydrogens (tertiary/aromatic N) is 3. The van der Waals surface area contributed by atoms with Crippen LogP contribution >= 0.6 is 0 Å². The zero-order valence-electron chi connectivity index (χ0n) is 15.2. The monoisotopic (exact) mass is 330 g/mol. The van der Waals surface area contributed by atoms with E-state index in [4.69, 9.17) is 0 Å². The number of anilines is 1. The number of rotatable bonds is 6. The number of carbonyl (C=O) groups is 1. The topological polar surface area (TPSA) is 48.5 Å². The molecule has 2 fully saturated rings. The molecule has 1 aliphatic carbocycles. The van der Waals surface area contributed by atoms with Crippen molar-refractivity contribution < 1.29 is 4.79 Å². The van der Waals surface area contributed by atoms with E-state index in [1.54, 1.807) is 6.20 Å². The largest absolute Gasteiger partial charge is 0.370 e. The lowest BCUT2D eigenvalue weighted by Gasteiger charge is -2.43. The Bertz CT molecular complexity index is 553. The minimum absolute atomic E-state index is 0.109. The summed E-state index contributed by atoms with van der Waals surface area (Å²) in [5, 5.41) is 3.34. The molecule has 1 aromatic rings. The van der Waals surface area contributed by atoms with Crippen LogP contribution in [0, 0.1) is 5.92 Å². The molecule has 1 N–H and O–H groups in total. The van der Waals surface area contributed by atoms with Gasteiger partial charge in [0, 0.05) is 44.5 Å². The van der Waals surface area contributed by atoms with Gasteiger partial charge in [-0.3, -0.25) is 9.69 Å². The van der Waals surface area contributed by atoms with Gasteiger partial charge in [0.1, 0.15) is 5.82 Å². The molecule has 1 aromatic heterocycles. The van der Waals surface area contributed by atoms with E-state index in [-0.39, 0.29) is 5.91 Å². The second kappa shape index (κ2) is 7.51. The fourth-order valence-corrected chi connectivity index (χ4v) is 3.48. The molecule has 1 atom stereocenters. The summed E-state index contributed by atoms with van der Waals surface area (Å²) in [5.41, 5.74) is 0.694. The number of amides is 1. The highest BCUT2D eigenvalue weighted by Crippen LogP contribution is 2.28. The molecule has 0 aromatic carbocycles. The number of hydrogen-bond donors (Lipinski definition) is 1. The second-order valence-electron chi connectivity index (χ2n) is 7.40. The first-order chi connectivity index (χ1) is 11.6. The Kier molecular flexibility index (Phi) is 5.39. The average molecular weight is 330 g/mol. The number of aromatic nitrogens is 1. The third kappa shape index (κ3) is 4.07. The first-order valence-corrected chi connectivity index (χ1v) is 9.33. The summed E-state index contributed by atoms with van der Waals surface area (Å²) in [7, 11) is 0. The SMILES string of the molecule is CC[C@@H]1CN(C(=O)c2ccc(NCC3CC3)nc2)CCN1C(C)C. The minimum atomic E-state index is 0.109. The molecule has 2 aliphatic rings. The van der Waals surface area contributed by atoms with Crippen LogP contribution in [0.5, 0.6) is 0 Å². The lowest BCUT2D eigenvalue weighted by Crippen LogP contribution is -2.56. The molecule has 132 valence electrons. The highest BCUT2D eigenvalue weighted by atomic mass is 16.2. The van der Waals surface area contributed by atoms with Gasteiger partial charge in [-0.1, -0.05) is 6.92 Å². The van der Waals surface area contributed by atoms with E-state index in [9.17, 15) is 4.79 Å². The van der Waals surface area contributed by atoms with Crippen LogP contribution in [0.15, 0.2) is 18.3 Å². The quantitative estimate of drug-likeness (QED) is 0.871. The Labute approximate surface area is 145 Å². The maximum atomic E-state index is 12.8. The minimum Gasteiger partial charge on any atom is -0.370 e. The van der Waals surface area contributed by atoms with Crippen LogP contribution in [-0.2, 0) is 0 Å². The lowest BCUT2D eigenvalue weighted by molar-refractivity contribution is 0.0371. The first kappa shape index (κ1) is 17.2. The zero-order chi connectivity index (χ0) is 17.1. The molecule has 1 saturated carbocycles. The summed E-state index contributed by atoms with van der Waals surface area (Å²) >= 11 is 0. The number of nitrogens with one attached hydrogen (secondary N) is 1. The molecule has 3 rings (SSSR count). The highest BCUT2D eigenvalue weighted by molar-refractivity contribution is 5.94. The van der Waals surface area contributed by atoms with Crippen LogP contribution < -0.4 is 5.32 Å². The summed E-state index contributed by atoms with van der Waals surface area (Å²) < 4.78 is 0. The predicted octanol–water partition coefficient (Wildman–Crippen LogP) is 2.85. The fraction of sp³-hybridized carbons (Fsp3) is 0.684. The van der Waals surface area contributed by atoms with Gasteiger partial charge < -0.3 is 10.2 Å². The van der Waals surface area contributed by atoms with E-state index < -0.39 is 0 Å². The van der Waals surface area contributed by atoms with Gasteiger partial charge in [0.25, 0.3) is 5.91 Å². The van der Waals surface area contributed by atoms with E-state index >= 15 is 0 Å². The summed E-state index contributed by atoms with van der Waals surface area (Å²) in [6.45, 7) is 10.2. The van der Waals surface area contributed by atoms with Gasteiger partial charge in [-0.2, -0.15) is 0 Å². The van der Waals surface area contributed by atoms with Crippen molar-refractivity contribution in [3.63, 3.8) is 0 Å². The van der Waals surface area contributed by atoms with Crippen molar-refractivity contribution in [2.45, 2.75) is 52.1 Å². The highest BCUT2D eigenvalue weighted by Gasteiger charge is 2.30. The van der Waals surface area contributed by atoms with Crippen molar-refractivity contribution in [2.75, 3.05) is 31.5 Å². The first-order valence-electron chi connectivity index (χ1n) is 9.33. The standard InChI is InChI=1S/C19H30N4O/c1-4-17-13-22(9-10-23(17)14(2)3)19(24)16-7-8-18(21-12-16)20-11-15-5-6-15/h7-8,12,14-15,17H,4-6,9-11,13H2,1-3H3,(H,20,21)/t17-/m1/s1. The maximum absolute atomic E-state index is 12.8. The van der Waals surface area contributed by atoms with Crippen molar-refractivity contribution in [1.29, 1.82) is 0 Å². The molecule has 0 bridgehead atoms. The Hall–Kier alpha value is -1.62. The molecule has 0 spiro atoms. The van der Waals surface area contributed by atoms with Crippen molar-refractivity contribution in [3.05, 3.63) is 23.9 Å². The summed E-state index contributed by atoms with van der Waals surface area (Å²) in [6, 6.07) is 4.82. The predicted molar refractivity (Wildman–Crippen MR) is 97.3 cm³/mol. The number of hydrogen-bond acceptors (Lipinski definition) is 4. The van der Waals surface area contributed by atoms with Crippen LogP contribution in [0.2, 0.25) is 0 Å². The molecule has 24 heavy (non-hydrogen) atoms. The van der Waals surface area contributed by atoms with Crippen LogP contribution in [0.1, 0.15) is 50.4 Å². The van der Waals surface area contributed by atoms with Gasteiger partial charge in [-0.15, -0.1) is 0 Å². The Morgan fingerprint density at radius 3 is 2.71 bits per heavy atom. The molecule has 0 radical (unpaired) electrons. The van der Waals surface area contributed by atoms with E-state index in [2.05, 4.69) is 36.0 Å². The van der Waals surface area contributed by atoms with Gasteiger partial charge in [-0.25, -0.2) is 4.98 Å². The average Bonchev–Trinajstić information content (AvgIpc) is 3.43. The van der Waals surface area contributed by atoms with Gasteiger partial charge in [0.2, 0.25) is 0 Å². The smallest absolute Gasteiger partial charge is 0.255 e. The van der Waals surface area contributed by atoms with Gasteiger partial charge in [0.15, 0.2) is 0 Å². The van der Waals surface area contributed by atoms with Crippen LogP contribution in [-0.4, -0.2) is 59.0 Å². The third-order valence-corrected chi connectivity index (χ3v) is 5.23. The van der Waals surface area contributed by atoms with Crippen molar-refractivity contribution in [1.82, 2.24) is 14.8 Å². The molecule has 2 heterocycles. The fourth-order valence-electron chi connectivity index (χ4n) is 3.48. The summed E-state index contributed by atoms with van der Waals surface area (Å²) in [6.07, 6.45) is 5.44. The summed E-state index contributed by atoms with van der Waals surface area (Å²) in [5.74, 6) is 1.80. The van der Waals surface area contributed by atoms with Crippen molar-refractivity contribution in [2.24, 2.45) is 5.92 Å². The van der Waals surface area contributed by atoms with Crippen molar-refractivity contribution in [3.8, 4) is 0 Å². The van der Waals surface area contributed by atoms with Gasteiger partial charge in [0.05, 0.1) is 5.56 Å². The number of pyridine rings is 1. The summed E-state index contributed by atoms with van der Waals surface area (Å²) in [4.78, 5) is 21.7. The number of piperazine rings is 1. The zero-order valence-corrected chi connectivity index (χ0v) is 15.2. The van der Waals surface area contributed by atoms with Crippen LogP contribution in [0.4, 0.5) is 5.82 Å². The molecular formula is C19H30N4O. The van der Waals surface area contributed by atoms with E-state index in [0.29, 0.717) is 17.6 Å². The van der Waals surface area contributed by atoms with Gasteiger partial charge in [-0.05, 0) is 51.2 Å². The van der Waals surface area contributed by atoms with Gasteiger partial charge >= 0.3 is 0 Å². The van der Waals surface area contributed by atoms with E-state index in [0.717, 1.165) is 44.3 Å². The Balaban J connectivity index is 1.59. The van der Waals surface area contributed by atoms with Crippen LogP contribution in [0.25, 0.3) is 0 Å². The van der Waals surface area contributed by atoms with Crippen LogP contribution in [0.3, 0.4) is 0 Å². The third-order valence-electron chi connectivity index (χ3n) is 5.23. The molecule has 5 nitrogen and oxygen atoms in total. The lowest BCUT2D eigenvalue weighted by atomic mass is 10.1. The van der Waals surface area contributed by atoms with E-state index in [1.165, 1.54) is 12.8 Å². The molecule has 5 heteroatoms. The molecular weight excluding hydrogens is 300 g/mol. The maximum Gasteiger partial charge on any atom is 0.255 e. The number of carbonyl (C=O) groups excluding carboxylic acids is 1. The molecule has 1 saturated heterocycles. The molecule has 1 amide bonds. The van der Waals surface area contributed by atoms with Crippen molar-refractivity contribution >= 4 is 11.7 Å². The second-order valence-corrected chi connectivity index (χ2v) is 7.40.